The number of hydrogen-bond acceptors (Lipinski definition) is 0. The number of rotatable bonds is 8. The molecule has 3 aliphatic heterocycles. The molecule has 2 aromatic heterocycles. The Balaban J connectivity index is 1.23. The number of aromatic nitrogens is 2. The van der Waals surface area contributed by atoms with Crippen LogP contribution in [0.2, 0.25) is 0 Å². The first-order chi connectivity index (χ1) is 34.3. The molecule has 0 radical (unpaired) electrons. The van der Waals surface area contributed by atoms with Crippen molar-refractivity contribution in [3.63, 3.8) is 0 Å². The van der Waals surface area contributed by atoms with E-state index in [-0.39, 0.29) is 17.5 Å². The largest absolute Gasteiger partial charge is 0.310 e. The maximum Gasteiger partial charge on any atom is 0.252 e. The third-order valence-electron chi connectivity index (χ3n) is 18.9. The minimum Gasteiger partial charge on any atom is -0.310 e. The van der Waals surface area contributed by atoms with Gasteiger partial charge in [-0.15, -0.1) is 0 Å². The SMILES string of the molecule is CCC(C)(CC)c1cc2c3c(c1)c1cc(C(C)(CC)CC)cc4c1n3-c1c(ccc3c1B2c1cc2ccccc2c2c(-c5ccccc5)c(-c5ccccc5)n-3c12)C41c2ccccc2-c2ccccc21. The highest BCUT2D eigenvalue weighted by Gasteiger charge is 2.55. The maximum atomic E-state index is 2.81. The summed E-state index contributed by atoms with van der Waals surface area (Å²) in [6.07, 6.45) is 4.30. The van der Waals surface area contributed by atoms with Crippen molar-refractivity contribution in [1.82, 2.24) is 9.13 Å². The molecule has 0 saturated carbocycles. The summed E-state index contributed by atoms with van der Waals surface area (Å²) >= 11 is 0. The summed E-state index contributed by atoms with van der Waals surface area (Å²) in [5.41, 5.74) is 26.7. The molecule has 336 valence electrons. The quantitative estimate of drug-likeness (QED) is 0.135. The highest BCUT2D eigenvalue weighted by atomic mass is 15.1. The van der Waals surface area contributed by atoms with Crippen LogP contribution in [0.1, 0.15) is 101 Å². The Morgan fingerprint density at radius 3 is 1.67 bits per heavy atom. The minimum atomic E-state index is -0.544. The van der Waals surface area contributed by atoms with Crippen LogP contribution in [0.15, 0.2) is 176 Å². The van der Waals surface area contributed by atoms with Crippen LogP contribution in [0.5, 0.6) is 0 Å². The lowest BCUT2D eigenvalue weighted by Gasteiger charge is -2.44. The first-order valence-electron chi connectivity index (χ1n) is 26.1. The lowest BCUT2D eigenvalue weighted by atomic mass is 9.33. The van der Waals surface area contributed by atoms with E-state index in [1.54, 1.807) is 0 Å². The fourth-order valence-electron chi connectivity index (χ4n) is 14.5. The van der Waals surface area contributed by atoms with Gasteiger partial charge >= 0.3 is 0 Å². The van der Waals surface area contributed by atoms with Gasteiger partial charge in [0, 0.05) is 38.6 Å². The first-order valence-corrected chi connectivity index (χ1v) is 26.1. The number of fused-ring (bicyclic) bond motifs is 13. The molecule has 9 aromatic carbocycles. The average molecular weight is 899 g/mol. The molecule has 0 amide bonds. The Morgan fingerprint density at radius 2 is 1.01 bits per heavy atom. The zero-order valence-corrected chi connectivity index (χ0v) is 41.0. The summed E-state index contributed by atoms with van der Waals surface area (Å²) in [6, 6.07) is 68.9. The summed E-state index contributed by atoms with van der Waals surface area (Å²) in [7, 11) is 0. The van der Waals surface area contributed by atoms with Crippen molar-refractivity contribution < 1.29 is 0 Å². The van der Waals surface area contributed by atoms with Gasteiger partial charge in [0.2, 0.25) is 0 Å². The van der Waals surface area contributed by atoms with Crippen LogP contribution in [0.25, 0.3) is 88.4 Å². The van der Waals surface area contributed by atoms with Gasteiger partial charge in [0.05, 0.1) is 22.1 Å². The van der Waals surface area contributed by atoms with Crippen LogP contribution in [0.4, 0.5) is 0 Å². The standard InChI is InChI=1S/C67H55BN2/c1-7-65(5,8-2)43-36-48-49-37-44(66(6,9-3)10-4)39-55-62(49)70-61(48)53(38-43)67(50-31-21-19-29-46(50)47-30-20-22-32-51(47)67)52-33-34-56-59(63(52)70)68(55)54-35-42-27-17-18-28-45(42)58-57(40-23-13-11-14-24-40)60(69(56)64(54)58)41-25-15-12-16-26-41/h11-39H,7-10H2,1-6H3. The van der Waals surface area contributed by atoms with Crippen LogP contribution in [-0.2, 0) is 16.2 Å². The Morgan fingerprint density at radius 1 is 0.457 bits per heavy atom. The normalized spacial score (nSPS) is 14.5. The Kier molecular flexibility index (Phi) is 8.06. The second kappa shape index (κ2) is 13.9. The van der Waals surface area contributed by atoms with Crippen LogP contribution < -0.4 is 16.4 Å². The van der Waals surface area contributed by atoms with Gasteiger partial charge in [0.1, 0.15) is 0 Å². The second-order valence-electron chi connectivity index (χ2n) is 21.6. The van der Waals surface area contributed by atoms with Crippen LogP contribution >= 0.6 is 0 Å². The molecule has 1 spiro atoms. The van der Waals surface area contributed by atoms with E-state index in [9.17, 15) is 0 Å². The minimum absolute atomic E-state index is 0.00510. The Hall–Kier alpha value is -7.36. The smallest absolute Gasteiger partial charge is 0.252 e. The van der Waals surface area contributed by atoms with E-state index >= 15 is 0 Å². The van der Waals surface area contributed by atoms with Crippen molar-refractivity contribution in [3.8, 4) is 44.9 Å². The summed E-state index contributed by atoms with van der Waals surface area (Å²) < 4.78 is 5.52. The predicted octanol–water partition coefficient (Wildman–Crippen LogP) is 15.2. The average Bonchev–Trinajstić information content (AvgIpc) is 4.06. The van der Waals surface area contributed by atoms with Crippen LogP contribution in [-0.4, -0.2) is 15.8 Å². The molecule has 0 saturated heterocycles. The van der Waals surface area contributed by atoms with Gasteiger partial charge in [-0.2, -0.15) is 0 Å². The zero-order chi connectivity index (χ0) is 47.0. The predicted molar refractivity (Wildman–Crippen MR) is 297 cm³/mol. The van der Waals surface area contributed by atoms with E-state index in [2.05, 4.69) is 227 Å². The van der Waals surface area contributed by atoms with Gasteiger partial charge in [0.25, 0.3) is 6.71 Å². The lowest BCUT2D eigenvalue weighted by Crippen LogP contribution is -2.60. The topological polar surface area (TPSA) is 9.86 Å². The summed E-state index contributed by atoms with van der Waals surface area (Å²) in [4.78, 5) is 0. The van der Waals surface area contributed by atoms with Gasteiger partial charge in [-0.3, -0.25) is 0 Å². The monoisotopic (exact) mass is 898 g/mol. The molecule has 2 nitrogen and oxygen atoms in total. The fourth-order valence-corrected chi connectivity index (χ4v) is 14.5. The fraction of sp³-hybridized carbons (Fsp3) is 0.194. The van der Waals surface area contributed by atoms with Gasteiger partial charge in [-0.1, -0.05) is 199 Å². The summed E-state index contributed by atoms with van der Waals surface area (Å²) in [5, 5.41) is 6.73. The maximum absolute atomic E-state index is 2.81. The van der Waals surface area contributed by atoms with E-state index in [4.69, 9.17) is 0 Å². The molecule has 0 N–H and O–H groups in total. The number of benzene rings is 9. The third-order valence-corrected chi connectivity index (χ3v) is 18.9. The Labute approximate surface area is 411 Å². The van der Waals surface area contributed by atoms with Crippen molar-refractivity contribution in [1.29, 1.82) is 0 Å². The number of hydrogen-bond donors (Lipinski definition) is 0. The molecule has 15 rings (SSSR count). The van der Waals surface area contributed by atoms with Gasteiger partial charge in [0.15, 0.2) is 0 Å². The first kappa shape index (κ1) is 40.5. The van der Waals surface area contributed by atoms with E-state index < -0.39 is 5.41 Å². The molecule has 3 heteroatoms. The third kappa shape index (κ3) is 4.68. The van der Waals surface area contributed by atoms with Gasteiger partial charge in [-0.05, 0) is 138 Å². The molecular weight excluding hydrogens is 844 g/mol. The second-order valence-corrected chi connectivity index (χ2v) is 21.6. The molecule has 0 bridgehead atoms. The van der Waals surface area contributed by atoms with Crippen molar-refractivity contribution in [2.24, 2.45) is 0 Å². The molecule has 11 aromatic rings. The van der Waals surface area contributed by atoms with Crippen molar-refractivity contribution >= 4 is 66.6 Å². The highest BCUT2D eigenvalue weighted by molar-refractivity contribution is 7.00. The van der Waals surface area contributed by atoms with E-state index in [1.165, 1.54) is 138 Å². The summed E-state index contributed by atoms with van der Waals surface area (Å²) in [5.74, 6) is 0. The molecule has 70 heavy (non-hydrogen) atoms. The molecule has 5 heterocycles. The highest BCUT2D eigenvalue weighted by Crippen LogP contribution is 2.62. The molecule has 0 unspecified atom stereocenters. The van der Waals surface area contributed by atoms with Gasteiger partial charge < -0.3 is 9.13 Å². The Bertz CT molecular complexity index is 4040. The van der Waals surface area contributed by atoms with E-state index in [1.807, 2.05) is 0 Å². The van der Waals surface area contributed by atoms with E-state index in [0.717, 1.165) is 25.7 Å². The van der Waals surface area contributed by atoms with Crippen molar-refractivity contribution in [3.05, 3.63) is 209 Å². The molecule has 0 atom stereocenters. The zero-order valence-electron chi connectivity index (χ0n) is 41.0. The molecular formula is C67H55BN2. The molecule has 1 aliphatic carbocycles. The van der Waals surface area contributed by atoms with Crippen molar-refractivity contribution in [2.45, 2.75) is 83.5 Å². The van der Waals surface area contributed by atoms with Crippen LogP contribution in [0.3, 0.4) is 0 Å². The molecule has 0 fully saturated rings. The molecule has 4 aliphatic rings. The van der Waals surface area contributed by atoms with Crippen LogP contribution in [0, 0.1) is 0 Å². The van der Waals surface area contributed by atoms with Crippen molar-refractivity contribution in [2.75, 3.05) is 0 Å². The van der Waals surface area contributed by atoms with Gasteiger partial charge in [-0.25, -0.2) is 0 Å². The lowest BCUT2D eigenvalue weighted by molar-refractivity contribution is 0.438. The van der Waals surface area contributed by atoms with E-state index in [0.29, 0.717) is 0 Å². The summed E-state index contributed by atoms with van der Waals surface area (Å²) in [6.45, 7) is 14.6. The number of nitrogens with zero attached hydrogens (tertiary/aromatic N) is 2.